The van der Waals surface area contributed by atoms with Gasteiger partial charge in [-0.2, -0.15) is 18.3 Å². The summed E-state index contributed by atoms with van der Waals surface area (Å²) in [4.78, 5) is 13.7. The van der Waals surface area contributed by atoms with Crippen molar-refractivity contribution < 1.29 is 31.1 Å². The molecule has 11 heteroatoms. The fourth-order valence-corrected chi connectivity index (χ4v) is 5.40. The summed E-state index contributed by atoms with van der Waals surface area (Å²) < 4.78 is 69.7. The van der Waals surface area contributed by atoms with Crippen molar-refractivity contribution >= 4 is 15.7 Å². The number of rotatable bonds is 2. The molecular weight excluding hydrogens is 471 g/mol. The normalized spacial score (nSPS) is 17.1. The Kier molecular flexibility index (Phi) is 5.01. The van der Waals surface area contributed by atoms with E-state index in [9.17, 15) is 26.4 Å². The number of alkyl halides is 3. The van der Waals surface area contributed by atoms with E-state index in [1.165, 1.54) is 0 Å². The number of carbonyl (C=O) groups is 1. The molecule has 1 spiro atoms. The molecule has 3 aromatic rings. The second-order valence-corrected chi connectivity index (χ2v) is 10.3. The third-order valence-corrected chi connectivity index (χ3v) is 7.95. The zero-order valence-electron chi connectivity index (χ0n) is 18.0. The smallest absolute Gasteiger partial charge is 0.482 e. The van der Waals surface area contributed by atoms with Crippen LogP contribution in [-0.4, -0.2) is 47.6 Å². The van der Waals surface area contributed by atoms with Crippen molar-refractivity contribution in [2.24, 2.45) is 7.05 Å². The number of para-hydroxylation sites is 1. The van der Waals surface area contributed by atoms with Crippen molar-refractivity contribution in [1.29, 1.82) is 0 Å². The molecule has 0 saturated carbocycles. The summed E-state index contributed by atoms with van der Waals surface area (Å²) in [7, 11) is -3.59. The van der Waals surface area contributed by atoms with Gasteiger partial charge in [-0.15, -0.1) is 0 Å². The highest BCUT2D eigenvalue weighted by Crippen LogP contribution is 2.49. The fraction of sp³-hybridized carbons (Fsp3) is 0.304. The minimum Gasteiger partial charge on any atom is -0.482 e. The zero-order chi connectivity index (χ0) is 24.3. The van der Waals surface area contributed by atoms with E-state index in [0.29, 0.717) is 25.9 Å². The third kappa shape index (κ3) is 3.37. The molecule has 0 atom stereocenters. The Balaban J connectivity index is 1.36. The Morgan fingerprint density at radius 3 is 2.35 bits per heavy atom. The summed E-state index contributed by atoms with van der Waals surface area (Å²) in [6.45, 7) is 0.718. The van der Waals surface area contributed by atoms with E-state index < -0.39 is 25.8 Å². The van der Waals surface area contributed by atoms with Gasteiger partial charge in [-0.25, -0.2) is 8.42 Å². The number of likely N-dealkylation sites (tertiary alicyclic amines) is 1. The molecule has 0 radical (unpaired) electrons. The van der Waals surface area contributed by atoms with Gasteiger partial charge in [0.15, 0.2) is 0 Å². The van der Waals surface area contributed by atoms with Gasteiger partial charge < -0.3 is 9.64 Å². The summed E-state index contributed by atoms with van der Waals surface area (Å²) in [6, 6.07) is 11.6. The number of halogens is 3. The number of ether oxygens (including phenoxy) is 1. The Morgan fingerprint density at radius 2 is 1.71 bits per heavy atom. The van der Waals surface area contributed by atoms with Gasteiger partial charge in [-0.1, -0.05) is 12.1 Å². The van der Waals surface area contributed by atoms with E-state index >= 15 is 0 Å². The van der Waals surface area contributed by atoms with E-state index in [0.717, 1.165) is 46.8 Å². The van der Waals surface area contributed by atoms with Crippen LogP contribution in [-0.2, 0) is 22.5 Å². The van der Waals surface area contributed by atoms with Crippen molar-refractivity contribution in [1.82, 2.24) is 14.7 Å². The highest BCUT2D eigenvalue weighted by atomic mass is 32.2. The quantitative estimate of drug-likeness (QED) is 0.543. The van der Waals surface area contributed by atoms with Crippen LogP contribution < -0.4 is 4.74 Å². The molecule has 0 aliphatic carbocycles. The number of fused-ring (bicyclic) bond motifs is 4. The molecule has 5 rings (SSSR count). The average Bonchev–Trinajstić information content (AvgIpc) is 3.21. The maximum absolute atomic E-state index is 13.0. The monoisotopic (exact) mass is 491 g/mol. The van der Waals surface area contributed by atoms with Crippen molar-refractivity contribution in [3.05, 3.63) is 65.9 Å². The SMILES string of the molecule is Cn1ncc2c1-c1ccccc1OC21CCN(C(=O)c2ccc(S(=O)(=O)C(F)(F)F)cc2)CC1. The second-order valence-electron chi connectivity index (χ2n) is 8.39. The van der Waals surface area contributed by atoms with Crippen molar-refractivity contribution in [3.63, 3.8) is 0 Å². The molecular formula is C23H20F3N3O4S. The Labute approximate surface area is 193 Å². The molecule has 2 aliphatic heterocycles. The molecule has 3 heterocycles. The number of carbonyl (C=O) groups excluding carboxylic acids is 1. The van der Waals surface area contributed by atoms with Gasteiger partial charge in [0, 0.05) is 49.7 Å². The first-order valence-corrected chi connectivity index (χ1v) is 12.0. The van der Waals surface area contributed by atoms with Crippen LogP contribution >= 0.6 is 0 Å². The lowest BCUT2D eigenvalue weighted by molar-refractivity contribution is -0.0436. The topological polar surface area (TPSA) is 81.5 Å². The van der Waals surface area contributed by atoms with Crippen LogP contribution in [0.15, 0.2) is 59.6 Å². The van der Waals surface area contributed by atoms with Crippen LogP contribution in [0.4, 0.5) is 13.2 Å². The third-order valence-electron chi connectivity index (χ3n) is 6.45. The molecule has 1 saturated heterocycles. The van der Waals surface area contributed by atoms with E-state index in [1.54, 1.807) is 11.1 Å². The molecule has 1 amide bonds. The largest absolute Gasteiger partial charge is 0.501 e. The second kappa shape index (κ2) is 7.59. The number of piperidine rings is 1. The molecule has 7 nitrogen and oxygen atoms in total. The summed E-state index contributed by atoms with van der Waals surface area (Å²) in [5.41, 5.74) is -3.03. The van der Waals surface area contributed by atoms with Crippen LogP contribution in [0.5, 0.6) is 5.75 Å². The Hall–Kier alpha value is -3.34. The lowest BCUT2D eigenvalue weighted by atomic mass is 9.81. The van der Waals surface area contributed by atoms with Crippen LogP contribution in [0.2, 0.25) is 0 Å². The molecule has 178 valence electrons. The first-order chi connectivity index (χ1) is 16.0. The van der Waals surface area contributed by atoms with Gasteiger partial charge in [0.05, 0.1) is 16.8 Å². The Morgan fingerprint density at radius 1 is 1.06 bits per heavy atom. The van der Waals surface area contributed by atoms with Crippen LogP contribution in [0.1, 0.15) is 28.8 Å². The summed E-state index contributed by atoms with van der Waals surface area (Å²) in [5, 5.41) is 4.42. The minimum absolute atomic E-state index is 0.119. The number of hydrogen-bond acceptors (Lipinski definition) is 5. The van der Waals surface area contributed by atoms with Crippen LogP contribution in [0, 0.1) is 0 Å². The molecule has 0 unspecified atom stereocenters. The van der Waals surface area contributed by atoms with Crippen LogP contribution in [0.25, 0.3) is 11.3 Å². The molecule has 0 bridgehead atoms. The van der Waals surface area contributed by atoms with Gasteiger partial charge in [-0.05, 0) is 36.4 Å². The maximum atomic E-state index is 13.0. The molecule has 34 heavy (non-hydrogen) atoms. The highest BCUT2D eigenvalue weighted by molar-refractivity contribution is 7.92. The number of amides is 1. The minimum atomic E-state index is -5.46. The van der Waals surface area contributed by atoms with E-state index in [2.05, 4.69) is 5.10 Å². The molecule has 1 aromatic heterocycles. The zero-order valence-corrected chi connectivity index (χ0v) is 18.9. The maximum Gasteiger partial charge on any atom is 0.501 e. The van der Waals surface area contributed by atoms with E-state index in [4.69, 9.17) is 4.74 Å². The van der Waals surface area contributed by atoms with Crippen LogP contribution in [0.3, 0.4) is 0 Å². The first kappa shape index (κ1) is 22.5. The molecule has 2 aromatic carbocycles. The summed E-state index contributed by atoms with van der Waals surface area (Å²) >= 11 is 0. The predicted octanol–water partition coefficient (Wildman–Crippen LogP) is 3.90. The van der Waals surface area contributed by atoms with E-state index in [1.807, 2.05) is 36.0 Å². The standard InChI is InChI=1S/C23H20F3N3O4S/c1-28-20-17-4-2-3-5-19(17)33-22(18(20)14-27-28)10-12-29(13-11-22)21(30)15-6-8-16(9-7-15)34(31,32)23(24,25)26/h2-9,14H,10-13H2,1H3. The van der Waals surface area contributed by atoms with E-state index in [-0.39, 0.29) is 11.5 Å². The van der Waals surface area contributed by atoms with Gasteiger partial charge in [-0.3, -0.25) is 9.48 Å². The summed E-state index contributed by atoms with van der Waals surface area (Å²) in [6.07, 6.45) is 2.81. The predicted molar refractivity (Wildman–Crippen MR) is 116 cm³/mol. The number of aryl methyl sites for hydroxylation is 1. The number of sulfone groups is 1. The van der Waals surface area contributed by atoms with Crippen molar-refractivity contribution in [2.45, 2.75) is 28.8 Å². The lowest BCUT2D eigenvalue weighted by Crippen LogP contribution is -2.49. The fourth-order valence-electron chi connectivity index (χ4n) is 4.64. The highest BCUT2D eigenvalue weighted by Gasteiger charge is 2.47. The van der Waals surface area contributed by atoms with Gasteiger partial charge in [0.25, 0.3) is 15.7 Å². The Bertz CT molecular complexity index is 1370. The summed E-state index contributed by atoms with van der Waals surface area (Å²) in [5.74, 6) is 0.369. The van der Waals surface area contributed by atoms with Crippen molar-refractivity contribution in [3.8, 4) is 17.0 Å². The van der Waals surface area contributed by atoms with Crippen molar-refractivity contribution in [2.75, 3.05) is 13.1 Å². The lowest BCUT2D eigenvalue weighted by Gasteiger charge is -2.44. The molecule has 0 N–H and O–H groups in total. The number of hydrogen-bond donors (Lipinski definition) is 0. The van der Waals surface area contributed by atoms with Gasteiger partial charge in [0.1, 0.15) is 11.4 Å². The van der Waals surface area contributed by atoms with Gasteiger partial charge in [0.2, 0.25) is 0 Å². The number of aromatic nitrogens is 2. The molecule has 2 aliphatic rings. The van der Waals surface area contributed by atoms with Gasteiger partial charge >= 0.3 is 5.51 Å². The molecule has 1 fully saturated rings. The first-order valence-electron chi connectivity index (χ1n) is 10.6. The number of benzene rings is 2. The average molecular weight is 491 g/mol. The number of nitrogens with zero attached hydrogens (tertiary/aromatic N) is 3.